The molecule has 0 aliphatic heterocycles. The van der Waals surface area contributed by atoms with E-state index in [1.54, 1.807) is 0 Å². The van der Waals surface area contributed by atoms with E-state index in [0.29, 0.717) is 0 Å². The molecule has 1 heteroatoms. The molecule has 0 saturated heterocycles. The van der Waals surface area contributed by atoms with Gasteiger partial charge in [-0.15, -0.1) is 11.6 Å². The van der Waals surface area contributed by atoms with Gasteiger partial charge in [0.2, 0.25) is 0 Å². The highest BCUT2D eigenvalue weighted by Gasteiger charge is 1.92. The fourth-order valence-corrected chi connectivity index (χ4v) is 1.35. The fourth-order valence-electron chi connectivity index (χ4n) is 1.21. The van der Waals surface area contributed by atoms with Crippen molar-refractivity contribution in [3.8, 4) is 0 Å². The average Bonchev–Trinajstić information content (AvgIpc) is 2.15. The Morgan fingerprint density at radius 3 is 2.17 bits per heavy atom. The molecule has 0 atom stereocenters. The Morgan fingerprint density at radius 1 is 1.08 bits per heavy atom. The molecule has 0 unspecified atom stereocenters. The summed E-state index contributed by atoms with van der Waals surface area (Å²) in [5.41, 5.74) is 2.80. The third kappa shape index (κ3) is 2.86. The Labute approximate surface area is 79.6 Å². The Balaban J connectivity index is 2.53. The molecular weight excluding hydrogens is 168 g/mol. The van der Waals surface area contributed by atoms with Gasteiger partial charge in [-0.1, -0.05) is 31.2 Å². The molecule has 0 radical (unpaired) electrons. The van der Waals surface area contributed by atoms with Crippen molar-refractivity contribution < 1.29 is 0 Å². The van der Waals surface area contributed by atoms with Crippen LogP contribution in [-0.4, -0.2) is 5.88 Å². The minimum absolute atomic E-state index is 0.759. The maximum absolute atomic E-state index is 5.61. The summed E-state index contributed by atoms with van der Waals surface area (Å²) in [6, 6.07) is 8.80. The van der Waals surface area contributed by atoms with Crippen molar-refractivity contribution in [2.24, 2.45) is 0 Å². The predicted molar refractivity (Wildman–Crippen MR) is 54.9 cm³/mol. The number of aryl methyl sites for hydroxylation is 2. The molecule has 66 valence electrons. The standard InChI is InChI=1S/C11H15Cl/c1-2-10-5-7-11(8-6-10)4-3-9-12/h5-8H,2-4,9H2,1H3. The molecule has 0 amide bonds. The molecule has 12 heavy (non-hydrogen) atoms. The van der Waals surface area contributed by atoms with Crippen LogP contribution in [0.4, 0.5) is 0 Å². The molecule has 0 bridgehead atoms. The second-order valence-electron chi connectivity index (χ2n) is 2.96. The minimum atomic E-state index is 0.759. The van der Waals surface area contributed by atoms with E-state index in [0.717, 1.165) is 25.1 Å². The molecule has 0 saturated carbocycles. The first-order chi connectivity index (χ1) is 5.86. The third-order valence-electron chi connectivity index (χ3n) is 2.03. The average molecular weight is 183 g/mol. The van der Waals surface area contributed by atoms with Gasteiger partial charge < -0.3 is 0 Å². The second-order valence-corrected chi connectivity index (χ2v) is 3.34. The molecule has 0 aliphatic rings. The van der Waals surface area contributed by atoms with Crippen molar-refractivity contribution in [2.75, 3.05) is 5.88 Å². The SMILES string of the molecule is CCc1ccc(CCCCl)cc1. The maximum atomic E-state index is 5.61. The minimum Gasteiger partial charge on any atom is -0.127 e. The van der Waals surface area contributed by atoms with E-state index < -0.39 is 0 Å². The van der Waals surface area contributed by atoms with Crippen LogP contribution in [0.5, 0.6) is 0 Å². The Bertz CT molecular complexity index is 213. The maximum Gasteiger partial charge on any atom is 0.0226 e. The first kappa shape index (κ1) is 9.60. The van der Waals surface area contributed by atoms with Crippen molar-refractivity contribution in [1.82, 2.24) is 0 Å². The van der Waals surface area contributed by atoms with Crippen LogP contribution in [0, 0.1) is 0 Å². The molecule has 0 N–H and O–H groups in total. The van der Waals surface area contributed by atoms with E-state index in [1.807, 2.05) is 0 Å². The fraction of sp³-hybridized carbons (Fsp3) is 0.455. The molecule has 1 rings (SSSR count). The summed E-state index contributed by atoms with van der Waals surface area (Å²) in [5, 5.41) is 0. The van der Waals surface area contributed by atoms with Crippen LogP contribution in [0.2, 0.25) is 0 Å². The lowest BCUT2D eigenvalue weighted by Gasteiger charge is -2.00. The summed E-state index contributed by atoms with van der Waals surface area (Å²) in [4.78, 5) is 0. The smallest absolute Gasteiger partial charge is 0.0226 e. The van der Waals surface area contributed by atoms with Gasteiger partial charge in [0.1, 0.15) is 0 Å². The van der Waals surface area contributed by atoms with E-state index in [2.05, 4.69) is 31.2 Å². The van der Waals surface area contributed by atoms with Gasteiger partial charge in [0.25, 0.3) is 0 Å². The summed E-state index contributed by atoms with van der Waals surface area (Å²) in [6.45, 7) is 2.17. The highest BCUT2D eigenvalue weighted by Crippen LogP contribution is 2.07. The Hall–Kier alpha value is -0.490. The lowest BCUT2D eigenvalue weighted by atomic mass is 10.1. The summed E-state index contributed by atoms with van der Waals surface area (Å²) in [7, 11) is 0. The normalized spacial score (nSPS) is 10.2. The molecule has 1 aromatic carbocycles. The number of alkyl halides is 1. The number of hydrogen-bond donors (Lipinski definition) is 0. The Kier molecular flexibility index (Phi) is 4.16. The molecule has 0 spiro atoms. The van der Waals surface area contributed by atoms with E-state index in [4.69, 9.17) is 11.6 Å². The van der Waals surface area contributed by atoms with E-state index in [-0.39, 0.29) is 0 Å². The monoisotopic (exact) mass is 182 g/mol. The van der Waals surface area contributed by atoms with Crippen molar-refractivity contribution in [2.45, 2.75) is 26.2 Å². The van der Waals surface area contributed by atoms with E-state index in [1.165, 1.54) is 11.1 Å². The van der Waals surface area contributed by atoms with Gasteiger partial charge in [0.05, 0.1) is 0 Å². The van der Waals surface area contributed by atoms with Gasteiger partial charge in [0, 0.05) is 5.88 Å². The van der Waals surface area contributed by atoms with Crippen molar-refractivity contribution in [3.05, 3.63) is 35.4 Å². The zero-order chi connectivity index (χ0) is 8.81. The summed E-state index contributed by atoms with van der Waals surface area (Å²) in [6.07, 6.45) is 3.30. The van der Waals surface area contributed by atoms with Crippen LogP contribution in [0.25, 0.3) is 0 Å². The molecule has 0 nitrogen and oxygen atoms in total. The largest absolute Gasteiger partial charge is 0.127 e. The third-order valence-corrected chi connectivity index (χ3v) is 2.30. The molecule has 1 aromatic rings. The highest BCUT2D eigenvalue weighted by molar-refractivity contribution is 6.17. The summed E-state index contributed by atoms with van der Waals surface area (Å²) in [5.74, 6) is 0.759. The van der Waals surface area contributed by atoms with Crippen LogP contribution < -0.4 is 0 Å². The van der Waals surface area contributed by atoms with Crippen LogP contribution in [-0.2, 0) is 12.8 Å². The van der Waals surface area contributed by atoms with Crippen molar-refractivity contribution in [1.29, 1.82) is 0 Å². The summed E-state index contributed by atoms with van der Waals surface area (Å²) >= 11 is 5.61. The first-order valence-corrected chi connectivity index (χ1v) is 5.04. The van der Waals surface area contributed by atoms with Crippen LogP contribution in [0.3, 0.4) is 0 Å². The zero-order valence-electron chi connectivity index (χ0n) is 7.52. The van der Waals surface area contributed by atoms with Crippen molar-refractivity contribution >= 4 is 11.6 Å². The molecule has 0 heterocycles. The molecule has 0 fully saturated rings. The lowest BCUT2D eigenvalue weighted by Crippen LogP contribution is -1.87. The molecular formula is C11H15Cl. The lowest BCUT2D eigenvalue weighted by molar-refractivity contribution is 0.926. The quantitative estimate of drug-likeness (QED) is 0.626. The topological polar surface area (TPSA) is 0 Å². The van der Waals surface area contributed by atoms with E-state index >= 15 is 0 Å². The van der Waals surface area contributed by atoms with Gasteiger partial charge in [-0.05, 0) is 30.4 Å². The van der Waals surface area contributed by atoms with Crippen LogP contribution in [0.15, 0.2) is 24.3 Å². The second kappa shape index (κ2) is 5.21. The number of halogens is 1. The predicted octanol–water partition coefficient (Wildman–Crippen LogP) is 3.42. The van der Waals surface area contributed by atoms with Gasteiger partial charge in [-0.2, -0.15) is 0 Å². The summed E-state index contributed by atoms with van der Waals surface area (Å²) < 4.78 is 0. The number of rotatable bonds is 4. The molecule has 0 aliphatic carbocycles. The van der Waals surface area contributed by atoms with Gasteiger partial charge in [-0.3, -0.25) is 0 Å². The molecule has 0 aromatic heterocycles. The number of hydrogen-bond acceptors (Lipinski definition) is 0. The Morgan fingerprint density at radius 2 is 1.67 bits per heavy atom. The van der Waals surface area contributed by atoms with Gasteiger partial charge in [-0.25, -0.2) is 0 Å². The van der Waals surface area contributed by atoms with E-state index in [9.17, 15) is 0 Å². The van der Waals surface area contributed by atoms with Crippen LogP contribution >= 0.6 is 11.6 Å². The first-order valence-electron chi connectivity index (χ1n) is 4.50. The van der Waals surface area contributed by atoms with Gasteiger partial charge >= 0.3 is 0 Å². The van der Waals surface area contributed by atoms with Crippen molar-refractivity contribution in [3.63, 3.8) is 0 Å². The van der Waals surface area contributed by atoms with Gasteiger partial charge in [0.15, 0.2) is 0 Å². The number of benzene rings is 1. The van der Waals surface area contributed by atoms with Crippen LogP contribution in [0.1, 0.15) is 24.5 Å². The highest BCUT2D eigenvalue weighted by atomic mass is 35.5. The zero-order valence-corrected chi connectivity index (χ0v) is 8.27.